The lowest BCUT2D eigenvalue weighted by atomic mass is 9.92. The minimum absolute atomic E-state index is 0.0164. The van der Waals surface area contributed by atoms with Crippen LogP contribution in [0.3, 0.4) is 0 Å². The van der Waals surface area contributed by atoms with Gasteiger partial charge in [-0.3, -0.25) is 9.59 Å². The van der Waals surface area contributed by atoms with Gasteiger partial charge < -0.3 is 24.1 Å². The SMILES string of the molecule is COCc1cc(=O)c(O)c([C@@H](CC(=O)OC)c2cccc(O)c2)o1. The molecule has 0 saturated carbocycles. The number of rotatable bonds is 6. The highest BCUT2D eigenvalue weighted by Gasteiger charge is 2.26. The van der Waals surface area contributed by atoms with Crippen molar-refractivity contribution in [3.05, 3.63) is 57.6 Å². The van der Waals surface area contributed by atoms with Crippen molar-refractivity contribution in [2.75, 3.05) is 14.2 Å². The van der Waals surface area contributed by atoms with Crippen LogP contribution in [0.25, 0.3) is 0 Å². The normalized spacial score (nSPS) is 11.9. The highest BCUT2D eigenvalue weighted by Crippen LogP contribution is 2.34. The van der Waals surface area contributed by atoms with Crippen LogP contribution in [-0.4, -0.2) is 30.4 Å². The lowest BCUT2D eigenvalue weighted by Gasteiger charge is -2.17. The van der Waals surface area contributed by atoms with Gasteiger partial charge in [-0.25, -0.2) is 0 Å². The Labute approximate surface area is 138 Å². The van der Waals surface area contributed by atoms with Gasteiger partial charge in [0, 0.05) is 13.2 Å². The van der Waals surface area contributed by atoms with Crippen LogP contribution >= 0.6 is 0 Å². The highest BCUT2D eigenvalue weighted by molar-refractivity contribution is 5.71. The number of carbonyl (C=O) groups excluding carboxylic acids is 1. The summed E-state index contributed by atoms with van der Waals surface area (Å²) >= 11 is 0. The fourth-order valence-electron chi connectivity index (χ4n) is 2.36. The molecule has 24 heavy (non-hydrogen) atoms. The maximum absolute atomic E-state index is 12.0. The van der Waals surface area contributed by atoms with Gasteiger partial charge in [-0.05, 0) is 17.7 Å². The third-order valence-corrected chi connectivity index (χ3v) is 3.47. The van der Waals surface area contributed by atoms with E-state index in [9.17, 15) is 19.8 Å². The van der Waals surface area contributed by atoms with Crippen molar-refractivity contribution >= 4 is 5.97 Å². The number of esters is 1. The van der Waals surface area contributed by atoms with Crippen molar-refractivity contribution in [2.24, 2.45) is 0 Å². The molecule has 0 aliphatic rings. The molecule has 0 amide bonds. The summed E-state index contributed by atoms with van der Waals surface area (Å²) in [6.45, 7) is 0.0352. The smallest absolute Gasteiger partial charge is 0.306 e. The molecule has 1 atom stereocenters. The molecule has 0 spiro atoms. The number of phenolic OH excluding ortho intramolecular Hbond substituents is 1. The van der Waals surface area contributed by atoms with E-state index in [1.54, 1.807) is 12.1 Å². The number of hydrogen-bond acceptors (Lipinski definition) is 7. The molecule has 0 unspecified atom stereocenters. The van der Waals surface area contributed by atoms with Crippen LogP contribution in [0.15, 0.2) is 39.5 Å². The van der Waals surface area contributed by atoms with Crippen LogP contribution in [0.2, 0.25) is 0 Å². The van der Waals surface area contributed by atoms with E-state index in [0.29, 0.717) is 5.56 Å². The summed E-state index contributed by atoms with van der Waals surface area (Å²) in [7, 11) is 2.67. The van der Waals surface area contributed by atoms with Gasteiger partial charge in [0.2, 0.25) is 11.2 Å². The monoisotopic (exact) mass is 334 g/mol. The standard InChI is InChI=1S/C17H18O7/c1-22-9-12-7-14(19)16(21)17(24-12)13(8-15(20)23-2)10-4-3-5-11(18)6-10/h3-7,13,18,21H,8-9H2,1-2H3/t13-/m0/s1. The van der Waals surface area contributed by atoms with E-state index in [1.165, 1.54) is 26.4 Å². The summed E-state index contributed by atoms with van der Waals surface area (Å²) in [5, 5.41) is 19.8. The van der Waals surface area contributed by atoms with Gasteiger partial charge >= 0.3 is 5.97 Å². The summed E-state index contributed by atoms with van der Waals surface area (Å²) in [6, 6.07) is 7.25. The van der Waals surface area contributed by atoms with E-state index in [4.69, 9.17) is 9.15 Å². The Morgan fingerprint density at radius 2 is 2.00 bits per heavy atom. The molecule has 2 rings (SSSR count). The molecule has 2 N–H and O–H groups in total. The number of phenols is 1. The Morgan fingerprint density at radius 3 is 2.62 bits per heavy atom. The summed E-state index contributed by atoms with van der Waals surface area (Å²) in [6.07, 6.45) is -0.174. The molecule has 1 aromatic carbocycles. The number of carbonyl (C=O) groups is 1. The Morgan fingerprint density at radius 1 is 1.25 bits per heavy atom. The Kier molecular flexibility index (Phi) is 5.59. The predicted molar refractivity (Wildman–Crippen MR) is 83.9 cm³/mol. The van der Waals surface area contributed by atoms with Gasteiger partial charge in [0.05, 0.1) is 19.4 Å². The van der Waals surface area contributed by atoms with Crippen LogP contribution in [0.4, 0.5) is 0 Å². The molecular weight excluding hydrogens is 316 g/mol. The first-order chi connectivity index (χ1) is 11.5. The molecule has 7 nitrogen and oxygen atoms in total. The maximum atomic E-state index is 12.0. The van der Waals surface area contributed by atoms with Gasteiger partial charge in [-0.2, -0.15) is 0 Å². The first kappa shape index (κ1) is 17.6. The maximum Gasteiger partial charge on any atom is 0.306 e. The van der Waals surface area contributed by atoms with Crippen molar-refractivity contribution in [3.63, 3.8) is 0 Å². The van der Waals surface area contributed by atoms with Gasteiger partial charge in [-0.15, -0.1) is 0 Å². The largest absolute Gasteiger partial charge is 0.508 e. The molecule has 7 heteroatoms. The van der Waals surface area contributed by atoms with Gasteiger partial charge in [0.25, 0.3) is 0 Å². The first-order valence-electron chi connectivity index (χ1n) is 7.16. The second kappa shape index (κ2) is 7.65. The molecular formula is C17H18O7. The van der Waals surface area contributed by atoms with Crippen molar-refractivity contribution in [2.45, 2.75) is 18.9 Å². The summed E-state index contributed by atoms with van der Waals surface area (Å²) in [4.78, 5) is 23.7. The number of aromatic hydroxyl groups is 2. The number of hydrogen-bond donors (Lipinski definition) is 2. The fourth-order valence-corrected chi connectivity index (χ4v) is 2.36. The van der Waals surface area contributed by atoms with Crippen molar-refractivity contribution < 1.29 is 28.9 Å². The second-order valence-electron chi connectivity index (χ2n) is 5.15. The average Bonchev–Trinajstić information content (AvgIpc) is 2.56. The van der Waals surface area contributed by atoms with E-state index in [1.807, 2.05) is 0 Å². The Bertz CT molecular complexity index is 779. The Hall–Kier alpha value is -2.80. The summed E-state index contributed by atoms with van der Waals surface area (Å²) in [5.74, 6) is -1.82. The van der Waals surface area contributed by atoms with Crippen molar-refractivity contribution in [3.8, 4) is 11.5 Å². The van der Waals surface area contributed by atoms with Crippen LogP contribution in [0.1, 0.15) is 29.4 Å². The van der Waals surface area contributed by atoms with Gasteiger partial charge in [0.15, 0.2) is 5.76 Å². The van der Waals surface area contributed by atoms with Crippen LogP contribution in [0.5, 0.6) is 11.5 Å². The van der Waals surface area contributed by atoms with Gasteiger partial charge in [-0.1, -0.05) is 12.1 Å². The van der Waals surface area contributed by atoms with E-state index < -0.39 is 23.1 Å². The fraction of sp³-hybridized carbons (Fsp3) is 0.294. The minimum Gasteiger partial charge on any atom is -0.508 e. The van der Waals surface area contributed by atoms with E-state index in [-0.39, 0.29) is 30.3 Å². The third-order valence-electron chi connectivity index (χ3n) is 3.47. The van der Waals surface area contributed by atoms with E-state index in [0.717, 1.165) is 6.07 Å². The number of ether oxygens (including phenoxy) is 2. The molecule has 0 fully saturated rings. The van der Waals surface area contributed by atoms with E-state index in [2.05, 4.69) is 4.74 Å². The van der Waals surface area contributed by atoms with Crippen LogP contribution in [-0.2, 0) is 20.9 Å². The minimum atomic E-state index is -0.797. The molecule has 0 saturated heterocycles. The molecule has 0 radical (unpaired) electrons. The zero-order valence-corrected chi connectivity index (χ0v) is 13.3. The van der Waals surface area contributed by atoms with E-state index >= 15 is 0 Å². The molecule has 0 aliphatic heterocycles. The van der Waals surface area contributed by atoms with Crippen LogP contribution in [0, 0.1) is 0 Å². The van der Waals surface area contributed by atoms with Gasteiger partial charge in [0.1, 0.15) is 18.1 Å². The molecule has 0 aliphatic carbocycles. The Balaban J connectivity index is 2.58. The molecule has 128 valence electrons. The number of benzene rings is 1. The zero-order chi connectivity index (χ0) is 17.7. The molecule has 0 bridgehead atoms. The quantitative estimate of drug-likeness (QED) is 0.777. The predicted octanol–water partition coefficient (Wildman–Crippen LogP) is 1.89. The molecule has 1 aromatic heterocycles. The van der Waals surface area contributed by atoms with Crippen LogP contribution < -0.4 is 5.43 Å². The number of methoxy groups -OCH3 is 2. The summed E-state index contributed by atoms with van der Waals surface area (Å²) in [5.41, 5.74) is -0.147. The molecule has 1 heterocycles. The topological polar surface area (TPSA) is 106 Å². The summed E-state index contributed by atoms with van der Waals surface area (Å²) < 4.78 is 15.2. The second-order valence-corrected chi connectivity index (χ2v) is 5.15. The lowest BCUT2D eigenvalue weighted by molar-refractivity contribution is -0.140. The van der Waals surface area contributed by atoms with Crippen molar-refractivity contribution in [1.82, 2.24) is 0 Å². The average molecular weight is 334 g/mol. The first-order valence-corrected chi connectivity index (χ1v) is 7.16. The van der Waals surface area contributed by atoms with Crippen molar-refractivity contribution in [1.29, 1.82) is 0 Å². The zero-order valence-electron chi connectivity index (χ0n) is 13.3. The lowest BCUT2D eigenvalue weighted by Crippen LogP contribution is -2.14. The highest BCUT2D eigenvalue weighted by atomic mass is 16.5. The molecule has 2 aromatic rings. The third kappa shape index (κ3) is 3.94.